The molecule has 1 aliphatic rings. The number of hydrogen-bond donors (Lipinski definition) is 0. The maximum absolute atomic E-state index is 12.9. The van der Waals surface area contributed by atoms with Gasteiger partial charge in [0.05, 0.1) is 17.7 Å². The number of unbranched alkanes of at least 4 members (excludes halogenated alkanes) is 1. The van der Waals surface area contributed by atoms with Crippen molar-refractivity contribution < 1.29 is 28.7 Å². The Morgan fingerprint density at radius 3 is 2.10 bits per heavy atom. The fourth-order valence-corrected chi connectivity index (χ4v) is 3.21. The molecule has 1 atom stereocenters. The Morgan fingerprint density at radius 2 is 1.50 bits per heavy atom. The Morgan fingerprint density at radius 1 is 0.900 bits per heavy atom. The van der Waals surface area contributed by atoms with Crippen molar-refractivity contribution in [2.24, 2.45) is 0 Å². The molecule has 0 fully saturated rings. The molecule has 156 valence electrons. The quantitative estimate of drug-likeness (QED) is 0.359. The second-order valence-corrected chi connectivity index (χ2v) is 6.91. The molecule has 0 bridgehead atoms. The van der Waals surface area contributed by atoms with Crippen LogP contribution in [0.15, 0.2) is 54.6 Å². The normalized spacial score (nSPS) is 13.7. The number of nitrogens with zero attached hydrogens (tertiary/aromatic N) is 1. The molecule has 3 rings (SSSR count). The van der Waals surface area contributed by atoms with Crippen molar-refractivity contribution in [3.63, 3.8) is 0 Å². The summed E-state index contributed by atoms with van der Waals surface area (Å²) >= 11 is 0. The highest BCUT2D eigenvalue weighted by atomic mass is 16.6. The largest absolute Gasteiger partial charge is 0.463 e. The maximum Gasteiger partial charge on any atom is 0.344 e. The van der Waals surface area contributed by atoms with Crippen molar-refractivity contribution in [3.8, 4) is 0 Å². The number of rotatable bonds is 9. The number of benzene rings is 2. The lowest BCUT2D eigenvalue weighted by Gasteiger charge is -2.24. The van der Waals surface area contributed by atoms with Gasteiger partial charge in [-0.2, -0.15) is 0 Å². The van der Waals surface area contributed by atoms with E-state index in [2.05, 4.69) is 0 Å². The van der Waals surface area contributed by atoms with E-state index >= 15 is 0 Å². The summed E-state index contributed by atoms with van der Waals surface area (Å²) in [6, 6.07) is 14.2. The molecule has 0 N–H and O–H groups in total. The summed E-state index contributed by atoms with van der Waals surface area (Å²) in [7, 11) is 0. The number of carbonyl (C=O) groups is 4. The van der Waals surface area contributed by atoms with Gasteiger partial charge < -0.3 is 9.47 Å². The van der Waals surface area contributed by atoms with Crippen LogP contribution in [0, 0.1) is 0 Å². The first-order valence-corrected chi connectivity index (χ1v) is 9.86. The predicted molar refractivity (Wildman–Crippen MR) is 108 cm³/mol. The van der Waals surface area contributed by atoms with Gasteiger partial charge in [-0.3, -0.25) is 14.5 Å². The first-order chi connectivity index (χ1) is 14.5. The van der Waals surface area contributed by atoms with E-state index < -0.39 is 36.4 Å². The molecular weight excluding hydrogens is 386 g/mol. The van der Waals surface area contributed by atoms with Crippen LogP contribution in [-0.4, -0.2) is 47.9 Å². The molecule has 30 heavy (non-hydrogen) atoms. The van der Waals surface area contributed by atoms with Crippen molar-refractivity contribution in [1.29, 1.82) is 0 Å². The Kier molecular flexibility index (Phi) is 6.95. The number of hydrogen-bond acceptors (Lipinski definition) is 6. The lowest BCUT2D eigenvalue weighted by Crippen LogP contribution is -2.47. The van der Waals surface area contributed by atoms with E-state index in [9.17, 15) is 19.2 Å². The molecular formula is C23H23NO6. The number of esters is 2. The number of amides is 2. The Balaban J connectivity index is 1.78. The van der Waals surface area contributed by atoms with Gasteiger partial charge >= 0.3 is 11.9 Å². The lowest BCUT2D eigenvalue weighted by molar-refractivity contribution is -0.161. The van der Waals surface area contributed by atoms with Crippen LogP contribution in [0.25, 0.3) is 0 Å². The summed E-state index contributed by atoms with van der Waals surface area (Å²) in [5.41, 5.74) is 1.24. The third kappa shape index (κ3) is 4.74. The maximum atomic E-state index is 12.9. The van der Waals surface area contributed by atoms with Gasteiger partial charge in [-0.25, -0.2) is 9.59 Å². The molecule has 2 amide bonds. The fourth-order valence-electron chi connectivity index (χ4n) is 3.21. The molecule has 1 aliphatic heterocycles. The van der Waals surface area contributed by atoms with Crippen molar-refractivity contribution in [2.75, 3.05) is 13.2 Å². The molecule has 0 aliphatic carbocycles. The number of imide groups is 1. The molecule has 2 aromatic carbocycles. The topological polar surface area (TPSA) is 90.0 Å². The summed E-state index contributed by atoms with van der Waals surface area (Å²) in [5.74, 6) is -2.61. The Hall–Kier alpha value is -3.48. The molecule has 0 spiro atoms. The van der Waals surface area contributed by atoms with E-state index in [1.165, 1.54) is 0 Å². The SMILES string of the molecule is CCCCOC(=O)COC(=O)[C@H](Cc1ccccc1)N1C(=O)c2ccccc2C1=O. The summed E-state index contributed by atoms with van der Waals surface area (Å²) in [5, 5.41) is 0. The zero-order valence-corrected chi connectivity index (χ0v) is 16.7. The molecule has 1 heterocycles. The molecule has 0 saturated carbocycles. The summed E-state index contributed by atoms with van der Waals surface area (Å²) in [6.45, 7) is 1.64. The van der Waals surface area contributed by atoms with Crippen LogP contribution in [-0.2, 0) is 25.5 Å². The minimum atomic E-state index is -1.19. The third-order valence-electron chi connectivity index (χ3n) is 4.77. The monoisotopic (exact) mass is 409 g/mol. The van der Waals surface area contributed by atoms with E-state index in [1.807, 2.05) is 13.0 Å². The summed E-state index contributed by atoms with van der Waals surface area (Å²) < 4.78 is 10.1. The van der Waals surface area contributed by atoms with Crippen LogP contribution in [0.1, 0.15) is 46.0 Å². The van der Waals surface area contributed by atoms with E-state index in [4.69, 9.17) is 9.47 Å². The highest BCUT2D eigenvalue weighted by Crippen LogP contribution is 2.26. The van der Waals surface area contributed by atoms with Crippen molar-refractivity contribution in [2.45, 2.75) is 32.2 Å². The van der Waals surface area contributed by atoms with Gasteiger partial charge in [0.2, 0.25) is 0 Å². The van der Waals surface area contributed by atoms with Gasteiger partial charge in [-0.05, 0) is 24.1 Å². The van der Waals surface area contributed by atoms with Crippen LogP contribution in [0.4, 0.5) is 0 Å². The first kappa shape index (κ1) is 21.2. The van der Waals surface area contributed by atoms with Gasteiger partial charge in [-0.1, -0.05) is 55.8 Å². The molecule has 0 aromatic heterocycles. The van der Waals surface area contributed by atoms with Crippen LogP contribution in [0.5, 0.6) is 0 Å². The van der Waals surface area contributed by atoms with Crippen molar-refractivity contribution in [3.05, 3.63) is 71.3 Å². The average molecular weight is 409 g/mol. The van der Waals surface area contributed by atoms with Gasteiger partial charge in [0, 0.05) is 6.42 Å². The van der Waals surface area contributed by atoms with E-state index in [0.29, 0.717) is 6.42 Å². The van der Waals surface area contributed by atoms with E-state index in [0.717, 1.165) is 16.9 Å². The molecule has 0 saturated heterocycles. The first-order valence-electron chi connectivity index (χ1n) is 9.86. The molecule has 0 unspecified atom stereocenters. The Bertz CT molecular complexity index is 905. The molecule has 0 radical (unpaired) electrons. The second kappa shape index (κ2) is 9.82. The van der Waals surface area contributed by atoms with Gasteiger partial charge in [0.25, 0.3) is 11.8 Å². The molecule has 7 heteroatoms. The van der Waals surface area contributed by atoms with Crippen LogP contribution < -0.4 is 0 Å². The minimum Gasteiger partial charge on any atom is -0.463 e. The van der Waals surface area contributed by atoms with Gasteiger partial charge in [0.1, 0.15) is 6.04 Å². The lowest BCUT2D eigenvalue weighted by atomic mass is 10.0. The Labute approximate surface area is 174 Å². The second-order valence-electron chi connectivity index (χ2n) is 6.91. The predicted octanol–water partition coefficient (Wildman–Crippen LogP) is 2.78. The van der Waals surface area contributed by atoms with Crippen LogP contribution >= 0.6 is 0 Å². The van der Waals surface area contributed by atoms with Gasteiger partial charge in [0.15, 0.2) is 6.61 Å². The van der Waals surface area contributed by atoms with Crippen molar-refractivity contribution >= 4 is 23.8 Å². The summed E-state index contributed by atoms with van der Waals surface area (Å²) in [6.07, 6.45) is 1.66. The van der Waals surface area contributed by atoms with E-state index in [1.54, 1.807) is 48.5 Å². The van der Waals surface area contributed by atoms with Crippen LogP contribution in [0.2, 0.25) is 0 Å². The van der Waals surface area contributed by atoms with E-state index in [-0.39, 0.29) is 24.2 Å². The third-order valence-corrected chi connectivity index (χ3v) is 4.77. The number of fused-ring (bicyclic) bond motifs is 1. The number of ether oxygens (including phenoxy) is 2. The zero-order chi connectivity index (χ0) is 21.5. The highest BCUT2D eigenvalue weighted by molar-refractivity contribution is 6.22. The molecule has 2 aromatic rings. The van der Waals surface area contributed by atoms with Crippen molar-refractivity contribution in [1.82, 2.24) is 4.90 Å². The van der Waals surface area contributed by atoms with Gasteiger partial charge in [-0.15, -0.1) is 0 Å². The minimum absolute atomic E-state index is 0.0794. The smallest absolute Gasteiger partial charge is 0.344 e. The molecule has 7 nitrogen and oxygen atoms in total. The fraction of sp³-hybridized carbons (Fsp3) is 0.304. The van der Waals surface area contributed by atoms with Crippen LogP contribution in [0.3, 0.4) is 0 Å². The highest BCUT2D eigenvalue weighted by Gasteiger charge is 2.43. The average Bonchev–Trinajstić information content (AvgIpc) is 3.02. The summed E-state index contributed by atoms with van der Waals surface area (Å²) in [4.78, 5) is 51.3. The standard InChI is InChI=1S/C23H23NO6/c1-2-3-13-29-20(25)15-30-23(28)19(14-16-9-5-4-6-10-16)24-21(26)17-11-7-8-12-18(17)22(24)27/h4-12,19H,2-3,13-15H2,1H3/t19-/m0/s1. The zero-order valence-electron chi connectivity index (χ0n) is 16.7. The number of carbonyl (C=O) groups excluding carboxylic acids is 4.